The Balaban J connectivity index is 2.49. The number of esters is 1. The van der Waals surface area contributed by atoms with Gasteiger partial charge in [-0.05, 0) is 58.0 Å². The largest absolute Gasteiger partial charge is 0.467 e. The van der Waals surface area contributed by atoms with Crippen LogP contribution in [0.15, 0.2) is 36.5 Å². The first kappa shape index (κ1) is 20.5. The van der Waals surface area contributed by atoms with Crippen LogP contribution in [-0.4, -0.2) is 42.7 Å². The average molecular weight is 375 g/mol. The van der Waals surface area contributed by atoms with E-state index in [9.17, 15) is 9.59 Å². The maximum absolute atomic E-state index is 12.5. The standard InChI is InChI=1S/C20H25NO6/c1-6-25-18(22)14-9-10-17(26-13-24-5)15(12-14)16-8-7-11-21(16)19(23)27-20(2,3)4/h7-12H,6,13H2,1-5H3. The molecule has 7 heteroatoms. The molecule has 0 amide bonds. The van der Waals surface area contributed by atoms with Crippen molar-refractivity contribution in [2.24, 2.45) is 0 Å². The van der Waals surface area contributed by atoms with Crippen LogP contribution in [0, 0.1) is 0 Å². The number of carbonyl (C=O) groups excluding carboxylic acids is 2. The smallest absolute Gasteiger partial charge is 0.418 e. The zero-order valence-electron chi connectivity index (χ0n) is 16.3. The van der Waals surface area contributed by atoms with E-state index in [0.29, 0.717) is 22.6 Å². The van der Waals surface area contributed by atoms with Crippen LogP contribution < -0.4 is 4.74 Å². The minimum absolute atomic E-state index is 0.0267. The van der Waals surface area contributed by atoms with Crippen LogP contribution in [0.25, 0.3) is 11.3 Å². The number of aromatic nitrogens is 1. The van der Waals surface area contributed by atoms with Crippen molar-refractivity contribution < 1.29 is 28.5 Å². The first-order chi connectivity index (χ1) is 12.8. The van der Waals surface area contributed by atoms with Crippen molar-refractivity contribution in [3.8, 4) is 17.0 Å². The molecular weight excluding hydrogens is 350 g/mol. The van der Waals surface area contributed by atoms with Crippen molar-refractivity contribution >= 4 is 12.1 Å². The number of carbonyl (C=O) groups is 2. The maximum Gasteiger partial charge on any atom is 0.418 e. The summed E-state index contributed by atoms with van der Waals surface area (Å²) in [5.41, 5.74) is 0.796. The molecule has 0 spiro atoms. The van der Waals surface area contributed by atoms with Gasteiger partial charge in [-0.2, -0.15) is 0 Å². The second-order valence-corrected chi connectivity index (χ2v) is 6.73. The molecule has 2 rings (SSSR count). The summed E-state index contributed by atoms with van der Waals surface area (Å²) < 4.78 is 22.4. The molecule has 0 radical (unpaired) electrons. The van der Waals surface area contributed by atoms with Crippen LogP contribution >= 0.6 is 0 Å². The lowest BCUT2D eigenvalue weighted by atomic mass is 10.1. The predicted octanol–water partition coefficient (Wildman–Crippen LogP) is 4.10. The van der Waals surface area contributed by atoms with Gasteiger partial charge in [0.25, 0.3) is 0 Å². The van der Waals surface area contributed by atoms with E-state index in [0.717, 1.165) is 0 Å². The zero-order chi connectivity index (χ0) is 20.0. The highest BCUT2D eigenvalue weighted by molar-refractivity contribution is 5.92. The molecule has 0 aliphatic heterocycles. The van der Waals surface area contributed by atoms with Crippen LogP contribution in [0.5, 0.6) is 5.75 Å². The first-order valence-electron chi connectivity index (χ1n) is 8.60. The van der Waals surface area contributed by atoms with E-state index in [1.165, 1.54) is 11.7 Å². The van der Waals surface area contributed by atoms with Crippen molar-refractivity contribution in [1.82, 2.24) is 4.57 Å². The first-order valence-corrected chi connectivity index (χ1v) is 8.60. The van der Waals surface area contributed by atoms with Gasteiger partial charge in [0.1, 0.15) is 11.4 Å². The van der Waals surface area contributed by atoms with Gasteiger partial charge in [-0.3, -0.25) is 4.57 Å². The normalized spacial score (nSPS) is 11.1. The Kier molecular flexibility index (Phi) is 6.63. The van der Waals surface area contributed by atoms with Gasteiger partial charge in [0.05, 0.1) is 17.9 Å². The van der Waals surface area contributed by atoms with Crippen LogP contribution in [0.4, 0.5) is 4.79 Å². The number of hydrogen-bond acceptors (Lipinski definition) is 6. The summed E-state index contributed by atoms with van der Waals surface area (Å²) in [7, 11) is 1.51. The maximum atomic E-state index is 12.5. The molecule has 0 saturated heterocycles. The summed E-state index contributed by atoms with van der Waals surface area (Å²) in [6.07, 6.45) is 1.07. The van der Waals surface area contributed by atoms with E-state index in [2.05, 4.69) is 0 Å². The highest BCUT2D eigenvalue weighted by Crippen LogP contribution is 2.32. The summed E-state index contributed by atoms with van der Waals surface area (Å²) in [5.74, 6) is 0.0147. The van der Waals surface area contributed by atoms with Gasteiger partial charge in [0.15, 0.2) is 6.79 Å². The molecule has 1 aromatic carbocycles. The summed E-state index contributed by atoms with van der Waals surface area (Å²) in [6, 6.07) is 8.34. The van der Waals surface area contributed by atoms with Gasteiger partial charge < -0.3 is 18.9 Å². The van der Waals surface area contributed by atoms with Crippen molar-refractivity contribution in [3.63, 3.8) is 0 Å². The molecule has 0 fully saturated rings. The SMILES string of the molecule is CCOC(=O)c1ccc(OCOC)c(-c2cccn2C(=O)OC(C)(C)C)c1. The van der Waals surface area contributed by atoms with E-state index >= 15 is 0 Å². The Morgan fingerprint density at radius 2 is 1.89 bits per heavy atom. The molecule has 7 nitrogen and oxygen atoms in total. The Hall–Kier alpha value is -2.80. The molecule has 0 unspecified atom stereocenters. The molecule has 2 aromatic rings. The molecule has 0 saturated carbocycles. The van der Waals surface area contributed by atoms with E-state index in [-0.39, 0.29) is 13.4 Å². The third-order valence-corrected chi connectivity index (χ3v) is 3.44. The van der Waals surface area contributed by atoms with E-state index in [4.69, 9.17) is 18.9 Å². The quantitative estimate of drug-likeness (QED) is 0.559. The summed E-state index contributed by atoms with van der Waals surface area (Å²) in [6.45, 7) is 7.42. The lowest BCUT2D eigenvalue weighted by molar-refractivity contribution is 0.0511. The second-order valence-electron chi connectivity index (χ2n) is 6.73. The van der Waals surface area contributed by atoms with Gasteiger partial charge in [0, 0.05) is 18.9 Å². The fourth-order valence-electron chi connectivity index (χ4n) is 2.39. The Labute approximate surface area is 158 Å². The van der Waals surface area contributed by atoms with Crippen LogP contribution in [0.2, 0.25) is 0 Å². The Morgan fingerprint density at radius 3 is 2.52 bits per heavy atom. The summed E-state index contributed by atoms with van der Waals surface area (Å²) in [5, 5.41) is 0. The molecule has 0 N–H and O–H groups in total. The average Bonchev–Trinajstić information content (AvgIpc) is 3.08. The summed E-state index contributed by atoms with van der Waals surface area (Å²) >= 11 is 0. The van der Waals surface area contributed by atoms with Gasteiger partial charge in [-0.15, -0.1) is 0 Å². The van der Waals surface area contributed by atoms with Gasteiger partial charge >= 0.3 is 12.1 Å². The van der Waals surface area contributed by atoms with Crippen molar-refractivity contribution in [2.75, 3.05) is 20.5 Å². The van der Waals surface area contributed by atoms with E-state index < -0.39 is 17.7 Å². The molecule has 0 atom stereocenters. The van der Waals surface area contributed by atoms with Gasteiger partial charge in [0.2, 0.25) is 0 Å². The number of nitrogens with zero attached hydrogens (tertiary/aromatic N) is 1. The Morgan fingerprint density at radius 1 is 1.15 bits per heavy atom. The minimum atomic E-state index is -0.638. The molecule has 0 aliphatic carbocycles. The molecule has 146 valence electrons. The van der Waals surface area contributed by atoms with Crippen LogP contribution in [0.1, 0.15) is 38.1 Å². The lowest BCUT2D eigenvalue weighted by Gasteiger charge is -2.21. The molecule has 1 aromatic heterocycles. The number of hydrogen-bond donors (Lipinski definition) is 0. The van der Waals surface area contributed by atoms with Crippen molar-refractivity contribution in [1.29, 1.82) is 0 Å². The summed E-state index contributed by atoms with van der Waals surface area (Å²) in [4.78, 5) is 24.7. The fraction of sp³-hybridized carbons (Fsp3) is 0.400. The molecule has 0 aliphatic rings. The molecule has 1 heterocycles. The topological polar surface area (TPSA) is 76.0 Å². The van der Waals surface area contributed by atoms with E-state index in [1.807, 2.05) is 0 Å². The van der Waals surface area contributed by atoms with Crippen molar-refractivity contribution in [3.05, 3.63) is 42.1 Å². The number of benzene rings is 1. The third-order valence-electron chi connectivity index (χ3n) is 3.44. The molecular formula is C20H25NO6. The number of methoxy groups -OCH3 is 1. The van der Waals surface area contributed by atoms with Gasteiger partial charge in [-0.1, -0.05) is 0 Å². The predicted molar refractivity (Wildman–Crippen MR) is 100.0 cm³/mol. The second kappa shape index (κ2) is 8.73. The lowest BCUT2D eigenvalue weighted by Crippen LogP contribution is -2.27. The molecule has 0 bridgehead atoms. The molecule has 27 heavy (non-hydrogen) atoms. The highest BCUT2D eigenvalue weighted by Gasteiger charge is 2.22. The fourth-order valence-corrected chi connectivity index (χ4v) is 2.39. The highest BCUT2D eigenvalue weighted by atomic mass is 16.7. The van der Waals surface area contributed by atoms with Crippen LogP contribution in [-0.2, 0) is 14.2 Å². The van der Waals surface area contributed by atoms with Crippen molar-refractivity contribution in [2.45, 2.75) is 33.3 Å². The van der Waals surface area contributed by atoms with E-state index in [1.54, 1.807) is 64.2 Å². The number of ether oxygens (including phenoxy) is 4. The minimum Gasteiger partial charge on any atom is -0.467 e. The van der Waals surface area contributed by atoms with Gasteiger partial charge in [-0.25, -0.2) is 9.59 Å². The monoisotopic (exact) mass is 375 g/mol. The zero-order valence-corrected chi connectivity index (χ0v) is 16.3. The third kappa shape index (κ3) is 5.34. The van der Waals surface area contributed by atoms with Crippen LogP contribution in [0.3, 0.4) is 0 Å². The number of rotatable bonds is 6. The Bertz CT molecular complexity index is 803.